The molecule has 1 atom stereocenters. The third-order valence-electron chi connectivity index (χ3n) is 5.51. The van der Waals surface area contributed by atoms with Gasteiger partial charge in [-0.25, -0.2) is 9.78 Å². The summed E-state index contributed by atoms with van der Waals surface area (Å²) in [5.74, 6) is -0.0538. The number of hydrogen-bond acceptors (Lipinski definition) is 5. The molecule has 1 saturated heterocycles. The standard InChI is InChI=1S/C20H26N6O3/c1-14-12-17(23(2)22-14)19(27)24-9-5-6-15(13-24)26-18-16(7-4-8-21-18)25(20(26)28)10-11-29-3/h4,7-8,12,15H,5-6,9-11,13H2,1-3H3/t15-/m0/s1. The quantitative estimate of drug-likeness (QED) is 0.648. The summed E-state index contributed by atoms with van der Waals surface area (Å²) in [6.07, 6.45) is 3.36. The number of methoxy groups -OCH3 is 1. The molecule has 0 spiro atoms. The lowest BCUT2D eigenvalue weighted by atomic mass is 10.0. The molecule has 9 heteroatoms. The molecule has 0 aromatic carbocycles. The fraction of sp³-hybridized carbons (Fsp3) is 0.500. The van der Waals surface area contributed by atoms with Crippen LogP contribution in [0.2, 0.25) is 0 Å². The summed E-state index contributed by atoms with van der Waals surface area (Å²) in [4.78, 5) is 32.5. The summed E-state index contributed by atoms with van der Waals surface area (Å²) in [5.41, 5.74) is 2.72. The molecular formula is C20H26N6O3. The maximum atomic E-state index is 13.2. The van der Waals surface area contributed by atoms with Crippen LogP contribution in [0.3, 0.4) is 0 Å². The Morgan fingerprint density at radius 3 is 2.93 bits per heavy atom. The highest BCUT2D eigenvalue weighted by Gasteiger charge is 2.30. The SMILES string of the molecule is COCCn1c(=O)n([C@H]2CCCN(C(=O)c3cc(C)nn3C)C2)c2ncccc21. The van der Waals surface area contributed by atoms with Crippen molar-refractivity contribution in [3.63, 3.8) is 0 Å². The summed E-state index contributed by atoms with van der Waals surface area (Å²) in [6.45, 7) is 3.93. The van der Waals surface area contributed by atoms with Crippen molar-refractivity contribution < 1.29 is 9.53 Å². The average molecular weight is 398 g/mol. The average Bonchev–Trinajstić information content (AvgIpc) is 3.21. The van der Waals surface area contributed by atoms with Crippen molar-refractivity contribution in [2.24, 2.45) is 7.05 Å². The highest BCUT2D eigenvalue weighted by molar-refractivity contribution is 5.92. The number of carbonyl (C=O) groups excluding carboxylic acids is 1. The number of fused-ring (bicyclic) bond motifs is 1. The van der Waals surface area contributed by atoms with Crippen LogP contribution in [0.5, 0.6) is 0 Å². The Balaban J connectivity index is 1.67. The van der Waals surface area contributed by atoms with E-state index in [9.17, 15) is 9.59 Å². The lowest BCUT2D eigenvalue weighted by Crippen LogP contribution is -2.43. The number of hydrogen-bond donors (Lipinski definition) is 0. The second-order valence-electron chi connectivity index (χ2n) is 7.48. The zero-order chi connectivity index (χ0) is 20.5. The summed E-state index contributed by atoms with van der Waals surface area (Å²) in [5, 5.41) is 4.28. The molecule has 0 N–H and O–H groups in total. The molecule has 1 aliphatic heterocycles. The van der Waals surface area contributed by atoms with Crippen molar-refractivity contribution in [3.8, 4) is 0 Å². The van der Waals surface area contributed by atoms with Crippen LogP contribution in [0.4, 0.5) is 0 Å². The number of rotatable bonds is 5. The van der Waals surface area contributed by atoms with Gasteiger partial charge in [-0.2, -0.15) is 5.10 Å². The normalized spacial score (nSPS) is 17.2. The molecule has 1 aliphatic rings. The van der Waals surface area contributed by atoms with Gasteiger partial charge in [0.2, 0.25) is 0 Å². The van der Waals surface area contributed by atoms with Gasteiger partial charge in [-0.15, -0.1) is 0 Å². The van der Waals surface area contributed by atoms with E-state index in [1.165, 1.54) is 0 Å². The number of amides is 1. The van der Waals surface area contributed by atoms with Gasteiger partial charge in [0.25, 0.3) is 5.91 Å². The molecule has 0 radical (unpaired) electrons. The number of piperidine rings is 1. The highest BCUT2D eigenvalue weighted by Crippen LogP contribution is 2.25. The molecule has 29 heavy (non-hydrogen) atoms. The van der Waals surface area contributed by atoms with Crippen LogP contribution in [-0.4, -0.2) is 61.5 Å². The first-order valence-electron chi connectivity index (χ1n) is 9.86. The van der Waals surface area contributed by atoms with Gasteiger partial charge in [-0.05, 0) is 38.0 Å². The molecule has 4 heterocycles. The van der Waals surface area contributed by atoms with Crippen LogP contribution < -0.4 is 5.69 Å². The zero-order valence-electron chi connectivity index (χ0n) is 17.0. The second kappa shape index (κ2) is 7.82. The number of ether oxygens (including phenoxy) is 1. The number of likely N-dealkylation sites (tertiary alicyclic amines) is 1. The Morgan fingerprint density at radius 1 is 1.38 bits per heavy atom. The Bertz CT molecular complexity index is 1100. The number of pyridine rings is 1. The molecule has 3 aromatic heterocycles. The van der Waals surface area contributed by atoms with Gasteiger partial charge in [0.05, 0.1) is 30.4 Å². The van der Waals surface area contributed by atoms with Crippen molar-refractivity contribution in [1.82, 2.24) is 28.8 Å². The van der Waals surface area contributed by atoms with E-state index in [1.807, 2.05) is 24.0 Å². The van der Waals surface area contributed by atoms with E-state index >= 15 is 0 Å². The zero-order valence-corrected chi connectivity index (χ0v) is 17.0. The highest BCUT2D eigenvalue weighted by atomic mass is 16.5. The molecule has 1 amide bonds. The Labute approximate surface area is 168 Å². The van der Waals surface area contributed by atoms with E-state index in [1.54, 1.807) is 40.2 Å². The third-order valence-corrected chi connectivity index (χ3v) is 5.51. The van der Waals surface area contributed by atoms with Gasteiger partial charge in [0, 0.05) is 33.4 Å². The van der Waals surface area contributed by atoms with Gasteiger partial charge in [0.15, 0.2) is 5.65 Å². The predicted octanol–water partition coefficient (Wildman–Crippen LogP) is 1.36. The van der Waals surface area contributed by atoms with Gasteiger partial charge in [0.1, 0.15) is 5.69 Å². The number of aromatic nitrogens is 5. The third kappa shape index (κ3) is 3.46. The van der Waals surface area contributed by atoms with Crippen LogP contribution in [0.25, 0.3) is 11.2 Å². The van der Waals surface area contributed by atoms with Gasteiger partial charge >= 0.3 is 5.69 Å². The Hall–Kier alpha value is -2.94. The Kier molecular flexibility index (Phi) is 5.23. The molecule has 3 aromatic rings. The number of aryl methyl sites for hydroxylation is 2. The van der Waals surface area contributed by atoms with Gasteiger partial charge < -0.3 is 9.64 Å². The monoisotopic (exact) mass is 398 g/mol. The maximum Gasteiger partial charge on any atom is 0.330 e. The van der Waals surface area contributed by atoms with Crippen molar-refractivity contribution in [3.05, 3.63) is 46.3 Å². The van der Waals surface area contributed by atoms with Gasteiger partial charge in [-0.1, -0.05) is 0 Å². The minimum atomic E-state index is -0.115. The second-order valence-corrected chi connectivity index (χ2v) is 7.48. The first-order valence-corrected chi connectivity index (χ1v) is 9.86. The first-order chi connectivity index (χ1) is 14.0. The van der Waals surface area contributed by atoms with Crippen LogP contribution in [0.15, 0.2) is 29.2 Å². The minimum Gasteiger partial charge on any atom is -0.383 e. The lowest BCUT2D eigenvalue weighted by Gasteiger charge is -2.33. The molecule has 0 saturated carbocycles. The molecule has 9 nitrogen and oxygen atoms in total. The summed E-state index contributed by atoms with van der Waals surface area (Å²) >= 11 is 0. The lowest BCUT2D eigenvalue weighted by molar-refractivity contribution is 0.0667. The van der Waals surface area contributed by atoms with Crippen LogP contribution in [0, 0.1) is 6.92 Å². The van der Waals surface area contributed by atoms with Crippen molar-refractivity contribution in [1.29, 1.82) is 0 Å². The molecular weight excluding hydrogens is 372 g/mol. The summed E-state index contributed by atoms with van der Waals surface area (Å²) < 4.78 is 10.2. The molecule has 154 valence electrons. The minimum absolute atomic E-state index is 0.0538. The van der Waals surface area contributed by atoms with Crippen molar-refractivity contribution in [2.75, 3.05) is 26.8 Å². The molecule has 0 aliphatic carbocycles. The number of carbonyl (C=O) groups is 1. The van der Waals surface area contributed by atoms with E-state index in [2.05, 4.69) is 10.1 Å². The largest absolute Gasteiger partial charge is 0.383 e. The van der Waals surface area contributed by atoms with E-state index in [0.717, 1.165) is 24.1 Å². The van der Waals surface area contributed by atoms with Crippen LogP contribution >= 0.6 is 0 Å². The number of imidazole rings is 1. The fourth-order valence-electron chi connectivity index (χ4n) is 4.16. The smallest absolute Gasteiger partial charge is 0.330 e. The summed E-state index contributed by atoms with van der Waals surface area (Å²) in [6, 6.07) is 5.42. The summed E-state index contributed by atoms with van der Waals surface area (Å²) in [7, 11) is 3.40. The van der Waals surface area contributed by atoms with Crippen molar-refractivity contribution in [2.45, 2.75) is 32.4 Å². The van der Waals surface area contributed by atoms with E-state index < -0.39 is 0 Å². The predicted molar refractivity (Wildman–Crippen MR) is 108 cm³/mol. The molecule has 4 rings (SSSR count). The molecule has 0 unspecified atom stereocenters. The van der Waals surface area contributed by atoms with Crippen molar-refractivity contribution >= 4 is 17.1 Å². The topological polar surface area (TPSA) is 87.2 Å². The van der Waals surface area contributed by atoms with Crippen LogP contribution in [0.1, 0.15) is 35.1 Å². The maximum absolute atomic E-state index is 13.2. The molecule has 0 bridgehead atoms. The van der Waals surface area contributed by atoms with E-state index in [0.29, 0.717) is 37.6 Å². The van der Waals surface area contributed by atoms with Crippen LogP contribution in [-0.2, 0) is 18.3 Å². The Morgan fingerprint density at radius 2 is 2.21 bits per heavy atom. The van der Waals surface area contributed by atoms with E-state index in [-0.39, 0.29) is 17.6 Å². The van der Waals surface area contributed by atoms with E-state index in [4.69, 9.17) is 4.74 Å². The fourth-order valence-corrected chi connectivity index (χ4v) is 4.16. The first kappa shape index (κ1) is 19.4. The number of nitrogens with zero attached hydrogens (tertiary/aromatic N) is 6. The van der Waals surface area contributed by atoms with Gasteiger partial charge in [-0.3, -0.25) is 18.6 Å². The molecule has 1 fully saturated rings.